The molecule has 0 aromatic heterocycles. The standard InChI is InChI=1S/C18H17NO5/c1-19(17(21)11-16(20)18(22)23)12-13-6-5-9-15(10-13)24-14-7-3-2-4-8-14/h2-11,20H,12H2,1H3,(H,22,23)/b16-11-. The second-order valence-corrected chi connectivity index (χ2v) is 5.09. The first-order valence-corrected chi connectivity index (χ1v) is 7.16. The van der Waals surface area contributed by atoms with E-state index in [0.29, 0.717) is 17.6 Å². The van der Waals surface area contributed by atoms with Gasteiger partial charge in [0.25, 0.3) is 5.91 Å². The summed E-state index contributed by atoms with van der Waals surface area (Å²) in [7, 11) is 1.51. The van der Waals surface area contributed by atoms with Crippen LogP contribution >= 0.6 is 0 Å². The van der Waals surface area contributed by atoms with Gasteiger partial charge < -0.3 is 19.8 Å². The predicted octanol–water partition coefficient (Wildman–Crippen LogP) is 2.96. The summed E-state index contributed by atoms with van der Waals surface area (Å²) in [6, 6.07) is 16.5. The van der Waals surface area contributed by atoms with E-state index in [0.717, 1.165) is 5.56 Å². The van der Waals surface area contributed by atoms with Crippen molar-refractivity contribution in [3.05, 3.63) is 72.0 Å². The van der Waals surface area contributed by atoms with E-state index in [4.69, 9.17) is 14.9 Å². The van der Waals surface area contributed by atoms with E-state index < -0.39 is 17.6 Å². The summed E-state index contributed by atoms with van der Waals surface area (Å²) in [6.07, 6.45) is 0.673. The molecule has 0 aliphatic carbocycles. The van der Waals surface area contributed by atoms with Crippen molar-refractivity contribution in [3.8, 4) is 11.5 Å². The fourth-order valence-electron chi connectivity index (χ4n) is 1.97. The number of aliphatic hydroxyl groups excluding tert-OH is 1. The van der Waals surface area contributed by atoms with Crippen molar-refractivity contribution < 1.29 is 24.5 Å². The molecule has 2 aromatic carbocycles. The third-order valence-corrected chi connectivity index (χ3v) is 3.15. The van der Waals surface area contributed by atoms with Crippen LogP contribution in [0.5, 0.6) is 11.5 Å². The van der Waals surface area contributed by atoms with Gasteiger partial charge in [-0.15, -0.1) is 0 Å². The van der Waals surface area contributed by atoms with Gasteiger partial charge in [-0.1, -0.05) is 30.3 Å². The Labute approximate surface area is 139 Å². The van der Waals surface area contributed by atoms with Crippen molar-refractivity contribution in [2.75, 3.05) is 7.05 Å². The van der Waals surface area contributed by atoms with Crippen LogP contribution in [-0.4, -0.2) is 34.0 Å². The number of amides is 1. The topological polar surface area (TPSA) is 87.1 Å². The summed E-state index contributed by atoms with van der Waals surface area (Å²) in [5, 5.41) is 17.7. The molecule has 2 aromatic rings. The summed E-state index contributed by atoms with van der Waals surface area (Å²) < 4.78 is 5.72. The normalized spacial score (nSPS) is 11.0. The second kappa shape index (κ2) is 7.82. The average molecular weight is 327 g/mol. The van der Waals surface area contributed by atoms with Crippen LogP contribution in [0.25, 0.3) is 0 Å². The van der Waals surface area contributed by atoms with E-state index in [1.54, 1.807) is 18.2 Å². The van der Waals surface area contributed by atoms with Gasteiger partial charge in [0.15, 0.2) is 0 Å². The molecule has 124 valence electrons. The molecular weight excluding hydrogens is 310 g/mol. The maximum absolute atomic E-state index is 11.8. The molecule has 0 aliphatic rings. The zero-order valence-electron chi connectivity index (χ0n) is 13.0. The highest BCUT2D eigenvalue weighted by atomic mass is 16.5. The lowest BCUT2D eigenvalue weighted by atomic mass is 10.2. The van der Waals surface area contributed by atoms with Crippen molar-refractivity contribution in [2.45, 2.75) is 6.54 Å². The van der Waals surface area contributed by atoms with Gasteiger partial charge in [-0.25, -0.2) is 4.79 Å². The first kappa shape index (κ1) is 17.1. The van der Waals surface area contributed by atoms with Crippen LogP contribution in [0.2, 0.25) is 0 Å². The Balaban J connectivity index is 2.05. The van der Waals surface area contributed by atoms with Crippen molar-refractivity contribution in [2.24, 2.45) is 0 Å². The van der Waals surface area contributed by atoms with Gasteiger partial charge in [0.05, 0.1) is 6.08 Å². The van der Waals surface area contributed by atoms with Crippen molar-refractivity contribution >= 4 is 11.9 Å². The molecule has 0 unspecified atom stereocenters. The minimum absolute atomic E-state index is 0.244. The summed E-state index contributed by atoms with van der Waals surface area (Å²) in [4.78, 5) is 23.7. The number of para-hydroxylation sites is 1. The smallest absolute Gasteiger partial charge is 0.371 e. The van der Waals surface area contributed by atoms with Crippen LogP contribution in [0.15, 0.2) is 66.4 Å². The van der Waals surface area contributed by atoms with E-state index in [2.05, 4.69) is 0 Å². The SMILES string of the molecule is CN(Cc1cccc(Oc2ccccc2)c1)C(=O)/C=C(\O)C(=O)O. The van der Waals surface area contributed by atoms with Gasteiger partial charge in [0.2, 0.25) is 5.76 Å². The molecule has 0 bridgehead atoms. The van der Waals surface area contributed by atoms with Gasteiger partial charge in [-0.2, -0.15) is 0 Å². The summed E-state index contributed by atoms with van der Waals surface area (Å²) in [5.41, 5.74) is 0.808. The number of carboxylic acids is 1. The summed E-state index contributed by atoms with van der Waals surface area (Å²) in [6.45, 7) is 0.244. The number of likely N-dealkylation sites (N-methyl/N-ethyl adjacent to an activating group) is 1. The zero-order valence-corrected chi connectivity index (χ0v) is 13.0. The zero-order chi connectivity index (χ0) is 17.5. The molecule has 0 heterocycles. The molecular formula is C18H17NO5. The Kier molecular flexibility index (Phi) is 5.57. The highest BCUT2D eigenvalue weighted by molar-refractivity contribution is 5.95. The molecule has 24 heavy (non-hydrogen) atoms. The van der Waals surface area contributed by atoms with Crippen molar-refractivity contribution in [3.63, 3.8) is 0 Å². The molecule has 0 aliphatic heterocycles. The predicted molar refractivity (Wildman–Crippen MR) is 87.8 cm³/mol. The van der Waals surface area contributed by atoms with Gasteiger partial charge >= 0.3 is 5.97 Å². The molecule has 0 saturated carbocycles. The van der Waals surface area contributed by atoms with E-state index >= 15 is 0 Å². The number of ether oxygens (including phenoxy) is 1. The maximum atomic E-state index is 11.8. The number of benzene rings is 2. The van der Waals surface area contributed by atoms with Gasteiger partial charge in [0.1, 0.15) is 11.5 Å². The molecule has 6 heteroatoms. The monoisotopic (exact) mass is 327 g/mol. The van der Waals surface area contributed by atoms with Gasteiger partial charge in [0, 0.05) is 13.6 Å². The summed E-state index contributed by atoms with van der Waals surface area (Å²) >= 11 is 0. The first-order valence-electron chi connectivity index (χ1n) is 7.16. The van der Waals surface area contributed by atoms with Crippen LogP contribution < -0.4 is 4.74 Å². The Morgan fingerprint density at radius 3 is 2.38 bits per heavy atom. The number of hydrogen-bond donors (Lipinski definition) is 2. The lowest BCUT2D eigenvalue weighted by Crippen LogP contribution is -2.25. The fourth-order valence-corrected chi connectivity index (χ4v) is 1.97. The number of hydrogen-bond acceptors (Lipinski definition) is 4. The molecule has 0 fully saturated rings. The minimum atomic E-state index is -1.55. The Bertz CT molecular complexity index is 755. The molecule has 0 radical (unpaired) electrons. The number of nitrogens with zero attached hydrogens (tertiary/aromatic N) is 1. The average Bonchev–Trinajstić information content (AvgIpc) is 2.55. The van der Waals surface area contributed by atoms with Crippen LogP contribution in [0.4, 0.5) is 0 Å². The molecule has 0 saturated heterocycles. The molecule has 1 amide bonds. The molecule has 0 spiro atoms. The third kappa shape index (κ3) is 4.88. The number of carbonyl (C=O) groups excluding carboxylic acids is 1. The first-order chi connectivity index (χ1) is 11.5. The number of aliphatic hydroxyl groups is 1. The van der Waals surface area contributed by atoms with Crippen molar-refractivity contribution in [1.82, 2.24) is 4.90 Å². The molecule has 2 rings (SSSR count). The lowest BCUT2D eigenvalue weighted by molar-refractivity contribution is -0.136. The quantitative estimate of drug-likeness (QED) is 0.629. The van der Waals surface area contributed by atoms with Crippen LogP contribution in [0.3, 0.4) is 0 Å². The van der Waals surface area contributed by atoms with Crippen LogP contribution in [-0.2, 0) is 16.1 Å². The van der Waals surface area contributed by atoms with Gasteiger partial charge in [-0.3, -0.25) is 4.79 Å². The highest BCUT2D eigenvalue weighted by Crippen LogP contribution is 2.22. The van der Waals surface area contributed by atoms with E-state index in [-0.39, 0.29) is 6.54 Å². The van der Waals surface area contributed by atoms with Crippen molar-refractivity contribution in [1.29, 1.82) is 0 Å². The molecule has 0 atom stereocenters. The second-order valence-electron chi connectivity index (χ2n) is 5.09. The Morgan fingerprint density at radius 2 is 1.71 bits per heavy atom. The maximum Gasteiger partial charge on any atom is 0.371 e. The minimum Gasteiger partial charge on any atom is -0.502 e. The van der Waals surface area contributed by atoms with Crippen LogP contribution in [0, 0.1) is 0 Å². The highest BCUT2D eigenvalue weighted by Gasteiger charge is 2.12. The van der Waals surface area contributed by atoms with Crippen LogP contribution in [0.1, 0.15) is 5.56 Å². The van der Waals surface area contributed by atoms with E-state index in [1.165, 1.54) is 11.9 Å². The molecule has 2 N–H and O–H groups in total. The molecule has 6 nitrogen and oxygen atoms in total. The number of carbonyl (C=O) groups is 2. The number of aliphatic carboxylic acids is 1. The largest absolute Gasteiger partial charge is 0.502 e. The summed E-state index contributed by atoms with van der Waals surface area (Å²) in [5.74, 6) is -1.82. The lowest BCUT2D eigenvalue weighted by Gasteiger charge is -2.16. The third-order valence-electron chi connectivity index (χ3n) is 3.15. The number of carboxylic acid groups (broad SMARTS) is 1. The Morgan fingerprint density at radius 1 is 1.04 bits per heavy atom. The fraction of sp³-hybridized carbons (Fsp3) is 0.111. The number of rotatable bonds is 6. The van der Waals surface area contributed by atoms with E-state index in [9.17, 15) is 9.59 Å². The van der Waals surface area contributed by atoms with Gasteiger partial charge in [-0.05, 0) is 29.8 Å². The Hall–Kier alpha value is -3.28. The van der Waals surface area contributed by atoms with E-state index in [1.807, 2.05) is 36.4 Å².